The highest BCUT2D eigenvalue weighted by Crippen LogP contribution is 2.23. The van der Waals surface area contributed by atoms with E-state index in [0.717, 1.165) is 19.3 Å². The predicted molar refractivity (Wildman–Crippen MR) is 80.4 cm³/mol. The average Bonchev–Trinajstić information content (AvgIpc) is 2.95. The first kappa shape index (κ1) is 17.3. The SMILES string of the molecule is CCNC(=O)N(C)[C@H](C(=O)N1CCC[C@H]1C#N)C(C)CC. The van der Waals surface area contributed by atoms with Gasteiger partial charge in [0.25, 0.3) is 0 Å². The van der Waals surface area contributed by atoms with Crippen LogP contribution in [0.4, 0.5) is 4.79 Å². The lowest BCUT2D eigenvalue weighted by molar-refractivity contribution is -0.137. The number of likely N-dealkylation sites (N-methyl/N-ethyl adjacent to an activating group) is 1. The van der Waals surface area contributed by atoms with Gasteiger partial charge in [0.05, 0.1) is 6.07 Å². The Morgan fingerprint density at radius 1 is 1.48 bits per heavy atom. The van der Waals surface area contributed by atoms with Crippen LogP contribution >= 0.6 is 0 Å². The van der Waals surface area contributed by atoms with E-state index in [1.807, 2.05) is 20.8 Å². The summed E-state index contributed by atoms with van der Waals surface area (Å²) in [5, 5.41) is 11.9. The molecule has 1 N–H and O–H groups in total. The summed E-state index contributed by atoms with van der Waals surface area (Å²) in [6.45, 7) is 6.94. The van der Waals surface area contributed by atoms with Gasteiger partial charge in [-0.2, -0.15) is 5.26 Å². The zero-order chi connectivity index (χ0) is 16.0. The third-order valence-electron chi connectivity index (χ3n) is 4.19. The molecule has 6 heteroatoms. The molecule has 1 unspecified atom stereocenters. The molecule has 21 heavy (non-hydrogen) atoms. The van der Waals surface area contributed by atoms with Crippen LogP contribution in [0, 0.1) is 17.2 Å². The third-order valence-corrected chi connectivity index (χ3v) is 4.19. The normalized spacial score (nSPS) is 20.5. The molecule has 0 aromatic rings. The molecule has 0 aromatic heterocycles. The quantitative estimate of drug-likeness (QED) is 0.836. The van der Waals surface area contributed by atoms with Crippen molar-refractivity contribution in [1.82, 2.24) is 15.1 Å². The molecule has 6 nitrogen and oxygen atoms in total. The van der Waals surface area contributed by atoms with E-state index in [1.165, 1.54) is 4.90 Å². The Hall–Kier alpha value is -1.77. The minimum atomic E-state index is -0.518. The van der Waals surface area contributed by atoms with Gasteiger partial charge in [0.2, 0.25) is 5.91 Å². The van der Waals surface area contributed by atoms with Gasteiger partial charge in [-0.3, -0.25) is 4.79 Å². The first-order valence-corrected chi connectivity index (χ1v) is 7.68. The molecule has 118 valence electrons. The van der Waals surface area contributed by atoms with Gasteiger partial charge in [-0.25, -0.2) is 4.79 Å². The Morgan fingerprint density at radius 2 is 2.14 bits per heavy atom. The summed E-state index contributed by atoms with van der Waals surface area (Å²) in [5.74, 6) is -0.0628. The van der Waals surface area contributed by atoms with E-state index >= 15 is 0 Å². The molecule has 0 aromatic carbocycles. The number of nitriles is 1. The van der Waals surface area contributed by atoms with E-state index < -0.39 is 6.04 Å². The summed E-state index contributed by atoms with van der Waals surface area (Å²) in [7, 11) is 1.65. The van der Waals surface area contributed by atoms with E-state index in [2.05, 4.69) is 11.4 Å². The standard InChI is InChI=1S/C15H26N4O2/c1-5-11(3)13(18(4)15(21)17-6-2)14(20)19-9-7-8-12(19)10-16/h11-13H,5-9H2,1-4H3,(H,17,21)/t11?,12-,13-/m0/s1. The first-order valence-electron chi connectivity index (χ1n) is 7.68. The molecule has 0 saturated carbocycles. The lowest BCUT2D eigenvalue weighted by atomic mass is 9.96. The summed E-state index contributed by atoms with van der Waals surface area (Å²) < 4.78 is 0. The molecule has 1 fully saturated rings. The van der Waals surface area contributed by atoms with Crippen molar-refractivity contribution in [3.05, 3.63) is 0 Å². The van der Waals surface area contributed by atoms with Crippen LogP contribution < -0.4 is 5.32 Å². The molecule has 3 amide bonds. The van der Waals surface area contributed by atoms with E-state index in [1.54, 1.807) is 11.9 Å². The Morgan fingerprint density at radius 3 is 2.67 bits per heavy atom. The number of nitrogens with zero attached hydrogens (tertiary/aromatic N) is 3. The van der Waals surface area contributed by atoms with Gasteiger partial charge >= 0.3 is 6.03 Å². The fourth-order valence-corrected chi connectivity index (χ4v) is 2.75. The van der Waals surface area contributed by atoms with Crippen molar-refractivity contribution in [3.8, 4) is 6.07 Å². The third kappa shape index (κ3) is 3.87. The molecule has 1 heterocycles. The number of rotatable bonds is 5. The van der Waals surface area contributed by atoms with Crippen LogP contribution in [-0.4, -0.2) is 54.0 Å². The monoisotopic (exact) mass is 294 g/mol. The molecule has 3 atom stereocenters. The van der Waals surface area contributed by atoms with Crippen molar-refractivity contribution in [2.45, 2.75) is 52.1 Å². The summed E-state index contributed by atoms with van der Waals surface area (Å²) in [6, 6.07) is 1.07. The average molecular weight is 294 g/mol. The molecule has 0 bridgehead atoms. The Balaban J connectivity index is 2.94. The molecule has 1 aliphatic heterocycles. The van der Waals surface area contributed by atoms with Crippen molar-refractivity contribution >= 4 is 11.9 Å². The van der Waals surface area contributed by atoms with E-state index in [0.29, 0.717) is 13.1 Å². The summed E-state index contributed by atoms with van der Waals surface area (Å²) in [4.78, 5) is 28.0. The van der Waals surface area contributed by atoms with Gasteiger partial charge in [-0.1, -0.05) is 20.3 Å². The van der Waals surface area contributed by atoms with Crippen LogP contribution in [-0.2, 0) is 4.79 Å². The molecule has 1 rings (SSSR count). The topological polar surface area (TPSA) is 76.4 Å². The predicted octanol–water partition coefficient (Wildman–Crippen LogP) is 1.58. The van der Waals surface area contributed by atoms with Crippen molar-refractivity contribution in [3.63, 3.8) is 0 Å². The van der Waals surface area contributed by atoms with Gasteiger partial charge in [-0.05, 0) is 25.7 Å². The largest absolute Gasteiger partial charge is 0.338 e. The number of urea groups is 1. The number of hydrogen-bond donors (Lipinski definition) is 1. The van der Waals surface area contributed by atoms with Crippen LogP contribution in [0.1, 0.15) is 40.0 Å². The fraction of sp³-hybridized carbons (Fsp3) is 0.800. The molecule has 0 radical (unpaired) electrons. The molecule has 1 aliphatic rings. The van der Waals surface area contributed by atoms with Crippen LogP contribution in [0.2, 0.25) is 0 Å². The smallest absolute Gasteiger partial charge is 0.317 e. The highest BCUT2D eigenvalue weighted by molar-refractivity contribution is 5.87. The Bertz CT molecular complexity index is 418. The van der Waals surface area contributed by atoms with Crippen LogP contribution in [0.5, 0.6) is 0 Å². The van der Waals surface area contributed by atoms with Gasteiger partial charge < -0.3 is 15.1 Å². The Labute approximate surface area is 127 Å². The molecule has 0 aliphatic carbocycles. The minimum absolute atomic E-state index is 0.0463. The molecular formula is C15H26N4O2. The highest BCUT2D eigenvalue weighted by atomic mass is 16.2. The maximum atomic E-state index is 12.8. The van der Waals surface area contributed by atoms with Gasteiger partial charge in [0, 0.05) is 20.1 Å². The van der Waals surface area contributed by atoms with Crippen LogP contribution in [0.15, 0.2) is 0 Å². The number of carbonyl (C=O) groups excluding carboxylic acids is 2. The van der Waals surface area contributed by atoms with Crippen molar-refractivity contribution < 1.29 is 9.59 Å². The number of amides is 3. The molecular weight excluding hydrogens is 268 g/mol. The zero-order valence-electron chi connectivity index (χ0n) is 13.4. The Kier molecular flexibility index (Phi) is 6.47. The number of likely N-dealkylation sites (tertiary alicyclic amines) is 1. The summed E-state index contributed by atoms with van der Waals surface area (Å²) >= 11 is 0. The summed E-state index contributed by atoms with van der Waals surface area (Å²) in [6.07, 6.45) is 2.37. The molecule has 1 saturated heterocycles. The lowest BCUT2D eigenvalue weighted by Crippen LogP contribution is -2.55. The van der Waals surface area contributed by atoms with E-state index in [9.17, 15) is 9.59 Å². The van der Waals surface area contributed by atoms with Crippen molar-refractivity contribution in [2.75, 3.05) is 20.1 Å². The van der Waals surface area contributed by atoms with Crippen molar-refractivity contribution in [2.24, 2.45) is 5.92 Å². The second kappa shape index (κ2) is 7.87. The van der Waals surface area contributed by atoms with Crippen LogP contribution in [0.25, 0.3) is 0 Å². The second-order valence-corrected chi connectivity index (χ2v) is 5.60. The lowest BCUT2D eigenvalue weighted by Gasteiger charge is -2.35. The number of carbonyl (C=O) groups is 2. The van der Waals surface area contributed by atoms with E-state index in [4.69, 9.17) is 5.26 Å². The van der Waals surface area contributed by atoms with Gasteiger partial charge in [0.1, 0.15) is 12.1 Å². The van der Waals surface area contributed by atoms with Crippen LogP contribution in [0.3, 0.4) is 0 Å². The molecule has 0 spiro atoms. The van der Waals surface area contributed by atoms with Crippen molar-refractivity contribution in [1.29, 1.82) is 5.26 Å². The van der Waals surface area contributed by atoms with Gasteiger partial charge in [-0.15, -0.1) is 0 Å². The number of nitrogens with one attached hydrogen (secondary N) is 1. The highest BCUT2D eigenvalue weighted by Gasteiger charge is 2.38. The van der Waals surface area contributed by atoms with Gasteiger partial charge in [0.15, 0.2) is 0 Å². The fourth-order valence-electron chi connectivity index (χ4n) is 2.75. The minimum Gasteiger partial charge on any atom is -0.338 e. The number of hydrogen-bond acceptors (Lipinski definition) is 3. The zero-order valence-corrected chi connectivity index (χ0v) is 13.4. The summed E-state index contributed by atoms with van der Waals surface area (Å²) in [5.41, 5.74) is 0. The maximum absolute atomic E-state index is 12.8. The maximum Gasteiger partial charge on any atom is 0.317 e. The first-order chi connectivity index (χ1) is 9.97. The second-order valence-electron chi connectivity index (χ2n) is 5.60. The van der Waals surface area contributed by atoms with E-state index in [-0.39, 0.29) is 23.9 Å².